The Kier molecular flexibility index (Phi) is 22.6. The van der Waals surface area contributed by atoms with E-state index in [-0.39, 0.29) is 18.6 Å². The molecule has 1 heteroatoms. The third kappa shape index (κ3) is 38.7. The van der Waals surface area contributed by atoms with Gasteiger partial charge in [-0.05, 0) is 0 Å². The number of hydrogen-bond acceptors (Lipinski definition) is 0. The molecule has 0 aliphatic carbocycles. The fourth-order valence-corrected chi connectivity index (χ4v) is 0. The summed E-state index contributed by atoms with van der Waals surface area (Å²) in [4.78, 5) is 0. The van der Waals surface area contributed by atoms with E-state index in [4.69, 9.17) is 6.58 Å². The molecule has 0 aromatic heterocycles. The number of rotatable bonds is 0. The molecular weight excluding hydrogens is 87.0 g/mol. The van der Waals surface area contributed by atoms with Gasteiger partial charge in [0, 0.05) is 18.6 Å². The van der Waals surface area contributed by atoms with Crippen molar-refractivity contribution in [3.63, 3.8) is 0 Å². The molecule has 0 spiro atoms. The van der Waals surface area contributed by atoms with Crippen molar-refractivity contribution in [1.82, 2.24) is 0 Å². The van der Waals surface area contributed by atoms with Gasteiger partial charge in [0.05, 0.1) is 0 Å². The normalized spacial score (nSPS) is 3.25. The van der Waals surface area contributed by atoms with Crippen LogP contribution >= 0.6 is 0 Å². The third-order valence-corrected chi connectivity index (χ3v) is 0. The van der Waals surface area contributed by atoms with E-state index in [0.717, 1.165) is 0 Å². The number of allylic oxidation sites excluding steroid dienone is 1. The molecule has 4 heavy (non-hydrogen) atoms. The van der Waals surface area contributed by atoms with Gasteiger partial charge in [0.2, 0.25) is 0 Å². The summed E-state index contributed by atoms with van der Waals surface area (Å²) in [7, 11) is 0. The van der Waals surface area contributed by atoms with E-state index in [2.05, 4.69) is 0 Å². The Bertz CT molecular complexity index is 10.8. The van der Waals surface area contributed by atoms with Crippen molar-refractivity contribution in [2.45, 2.75) is 6.92 Å². The predicted molar refractivity (Wildman–Crippen MR) is 14.5 cm³/mol. The van der Waals surface area contributed by atoms with Crippen LogP contribution in [0.25, 0.3) is 0 Å². The van der Waals surface area contributed by atoms with Crippen molar-refractivity contribution in [3.05, 3.63) is 12.7 Å². The summed E-state index contributed by atoms with van der Waals surface area (Å²) in [5, 5.41) is 0. The maximum atomic E-state index is 4.72. The molecule has 0 aromatic carbocycles. The average molecular weight is 92.0 g/mol. The van der Waals surface area contributed by atoms with Crippen LogP contribution in [0.1, 0.15) is 6.92 Å². The predicted octanol–water partition coefficient (Wildman–Crippen LogP) is 0.993. The van der Waals surface area contributed by atoms with E-state index in [9.17, 15) is 0 Å². The third-order valence-electron chi connectivity index (χ3n) is 0. The standard InChI is InChI=1S/C3H5.V/c1-3-2;/h1,3H,2H3;/q-1;. The molecule has 0 rings (SSSR count). The van der Waals surface area contributed by atoms with Crippen molar-refractivity contribution in [3.8, 4) is 0 Å². The SMILES string of the molecule is [CH-]=CC.[V]. The van der Waals surface area contributed by atoms with Gasteiger partial charge < -0.3 is 6.58 Å². The van der Waals surface area contributed by atoms with Crippen LogP contribution in [0.5, 0.6) is 0 Å². The summed E-state index contributed by atoms with van der Waals surface area (Å²) < 4.78 is 0. The molecule has 0 saturated heterocycles. The van der Waals surface area contributed by atoms with Crippen molar-refractivity contribution in [2.75, 3.05) is 0 Å². The van der Waals surface area contributed by atoms with Crippen LogP contribution in [0.15, 0.2) is 6.08 Å². The van der Waals surface area contributed by atoms with Crippen LogP contribution in [0.4, 0.5) is 0 Å². The Morgan fingerprint density at radius 2 is 1.75 bits per heavy atom. The second-order valence-corrected chi connectivity index (χ2v) is 0.333. The second kappa shape index (κ2) is 10.2. The molecule has 0 atom stereocenters. The molecule has 0 amide bonds. The van der Waals surface area contributed by atoms with Crippen LogP contribution < -0.4 is 0 Å². The van der Waals surface area contributed by atoms with Gasteiger partial charge >= 0.3 is 0 Å². The van der Waals surface area contributed by atoms with E-state index in [1.807, 2.05) is 0 Å². The first kappa shape index (κ1) is 8.85. The van der Waals surface area contributed by atoms with E-state index in [0.29, 0.717) is 0 Å². The first-order chi connectivity index (χ1) is 1.41. The van der Waals surface area contributed by atoms with Crippen molar-refractivity contribution >= 4 is 0 Å². The minimum Gasteiger partial charge on any atom is -0.518 e. The second-order valence-electron chi connectivity index (χ2n) is 0.333. The molecule has 1 radical (unpaired) electrons. The average Bonchev–Trinajstić information content (AvgIpc) is 0.918. The zero-order valence-electron chi connectivity index (χ0n) is 2.60. The molecule has 0 N–H and O–H groups in total. The Hall–Kier alpha value is 0.324. The molecule has 0 fully saturated rings. The summed E-state index contributed by atoms with van der Waals surface area (Å²) in [6, 6.07) is 0. The quantitative estimate of drug-likeness (QED) is 0.391. The minimum atomic E-state index is 0. The van der Waals surface area contributed by atoms with Crippen molar-refractivity contribution in [2.24, 2.45) is 0 Å². The van der Waals surface area contributed by atoms with Crippen LogP contribution in [-0.4, -0.2) is 0 Å². The van der Waals surface area contributed by atoms with E-state index in [1.165, 1.54) is 6.08 Å². The summed E-state index contributed by atoms with van der Waals surface area (Å²) >= 11 is 0. The van der Waals surface area contributed by atoms with Gasteiger partial charge in [-0.15, -0.1) is 0 Å². The van der Waals surface area contributed by atoms with Gasteiger partial charge in [-0.2, -0.15) is 0 Å². The van der Waals surface area contributed by atoms with Gasteiger partial charge in [0.25, 0.3) is 0 Å². The topological polar surface area (TPSA) is 0 Å². The molecule has 0 bridgehead atoms. The summed E-state index contributed by atoms with van der Waals surface area (Å²) in [6.07, 6.45) is 1.50. The largest absolute Gasteiger partial charge is 0.518 e. The first-order valence-electron chi connectivity index (χ1n) is 0.911. The van der Waals surface area contributed by atoms with Gasteiger partial charge in [-0.1, -0.05) is 6.92 Å². The van der Waals surface area contributed by atoms with Gasteiger partial charge in [-0.3, -0.25) is 6.08 Å². The maximum Gasteiger partial charge on any atom is 0 e. The van der Waals surface area contributed by atoms with E-state index >= 15 is 0 Å². The molecule has 0 unspecified atom stereocenters. The molecule has 23 valence electrons. The van der Waals surface area contributed by atoms with Crippen LogP contribution in [0, 0.1) is 6.58 Å². The Balaban J connectivity index is 0. The Morgan fingerprint density at radius 1 is 1.75 bits per heavy atom. The minimum absolute atomic E-state index is 0. The Morgan fingerprint density at radius 3 is 1.75 bits per heavy atom. The van der Waals surface area contributed by atoms with Gasteiger partial charge in [-0.25, -0.2) is 0 Å². The molecular formula is C3H5V-. The molecule has 0 heterocycles. The Labute approximate surface area is 38.8 Å². The smallest absolute Gasteiger partial charge is 0 e. The summed E-state index contributed by atoms with van der Waals surface area (Å²) in [5.41, 5.74) is 0. The monoisotopic (exact) mass is 92.0 g/mol. The summed E-state index contributed by atoms with van der Waals surface area (Å²) in [6.45, 7) is 6.50. The van der Waals surface area contributed by atoms with E-state index in [1.54, 1.807) is 6.92 Å². The zero-order valence-corrected chi connectivity index (χ0v) is 4.00. The summed E-state index contributed by atoms with van der Waals surface area (Å²) in [5.74, 6) is 0. The van der Waals surface area contributed by atoms with Crippen molar-refractivity contribution < 1.29 is 18.6 Å². The maximum absolute atomic E-state index is 4.72. The first-order valence-corrected chi connectivity index (χ1v) is 0.911. The van der Waals surface area contributed by atoms with Crippen LogP contribution in [-0.2, 0) is 18.6 Å². The van der Waals surface area contributed by atoms with Crippen molar-refractivity contribution in [1.29, 1.82) is 0 Å². The van der Waals surface area contributed by atoms with E-state index < -0.39 is 0 Å². The molecule has 0 aliphatic heterocycles. The molecule has 0 aliphatic rings. The number of hydrogen-bond donors (Lipinski definition) is 0. The van der Waals surface area contributed by atoms with Crippen LogP contribution in [0.3, 0.4) is 0 Å². The van der Waals surface area contributed by atoms with Gasteiger partial charge in [0.15, 0.2) is 0 Å². The fraction of sp³-hybridized carbons (Fsp3) is 0.333. The molecule has 0 saturated carbocycles. The van der Waals surface area contributed by atoms with Gasteiger partial charge in [0.1, 0.15) is 0 Å². The molecule has 0 nitrogen and oxygen atoms in total. The zero-order chi connectivity index (χ0) is 2.71. The van der Waals surface area contributed by atoms with Crippen LogP contribution in [0.2, 0.25) is 0 Å². The fourth-order valence-electron chi connectivity index (χ4n) is 0. The molecule has 0 aromatic rings.